The van der Waals surface area contributed by atoms with E-state index in [0.717, 1.165) is 0 Å². The molecule has 0 fully saturated rings. The number of benzene rings is 1. The molecule has 0 aliphatic carbocycles. The van der Waals surface area contributed by atoms with E-state index in [-0.39, 0.29) is 17.1 Å². The summed E-state index contributed by atoms with van der Waals surface area (Å²) >= 11 is 0. The Hall–Kier alpha value is -2.24. The third-order valence-electron chi connectivity index (χ3n) is 2.41. The van der Waals surface area contributed by atoms with Crippen LogP contribution >= 0.6 is 0 Å². The van der Waals surface area contributed by atoms with Gasteiger partial charge in [-0.05, 0) is 31.5 Å². The second kappa shape index (κ2) is 6.63. The van der Waals surface area contributed by atoms with E-state index in [1.54, 1.807) is 13.8 Å². The Morgan fingerprint density at radius 1 is 1.21 bits per heavy atom. The van der Waals surface area contributed by atoms with Gasteiger partial charge in [-0.25, -0.2) is 9.59 Å². The van der Waals surface area contributed by atoms with Crippen molar-refractivity contribution in [3.63, 3.8) is 0 Å². The predicted octanol–water partition coefficient (Wildman–Crippen LogP) is 2.03. The topological polar surface area (TPSA) is 93.1 Å². The van der Waals surface area contributed by atoms with Gasteiger partial charge in [-0.15, -0.1) is 0 Å². The van der Waals surface area contributed by atoms with Gasteiger partial charge in [-0.1, -0.05) is 6.92 Å². The summed E-state index contributed by atoms with van der Waals surface area (Å²) in [6.45, 7) is 3.75. The summed E-state index contributed by atoms with van der Waals surface area (Å²) < 4.78 is 10.6. The van der Waals surface area contributed by atoms with Crippen LogP contribution in [0.4, 0.5) is 0 Å². The molecule has 0 aromatic heterocycles. The van der Waals surface area contributed by atoms with Crippen molar-refractivity contribution in [1.29, 1.82) is 0 Å². The van der Waals surface area contributed by atoms with E-state index in [9.17, 15) is 9.59 Å². The summed E-state index contributed by atoms with van der Waals surface area (Å²) in [4.78, 5) is 21.8. The zero-order valence-electron chi connectivity index (χ0n) is 10.8. The van der Waals surface area contributed by atoms with Crippen molar-refractivity contribution in [2.75, 3.05) is 6.61 Å². The van der Waals surface area contributed by atoms with Crippen LogP contribution in [0.5, 0.6) is 11.5 Å². The van der Waals surface area contributed by atoms with Gasteiger partial charge in [0.2, 0.25) is 0 Å². The molecule has 1 rings (SSSR count). The number of carboxylic acids is 2. The summed E-state index contributed by atoms with van der Waals surface area (Å²) in [7, 11) is 0. The maximum Gasteiger partial charge on any atom is 0.344 e. The summed E-state index contributed by atoms with van der Waals surface area (Å²) in [5.74, 6) is -1.71. The van der Waals surface area contributed by atoms with Crippen LogP contribution in [-0.4, -0.2) is 34.9 Å². The molecule has 6 nitrogen and oxygen atoms in total. The van der Waals surface area contributed by atoms with Crippen LogP contribution in [0.3, 0.4) is 0 Å². The zero-order valence-corrected chi connectivity index (χ0v) is 10.8. The highest BCUT2D eigenvalue weighted by molar-refractivity contribution is 5.88. The molecule has 19 heavy (non-hydrogen) atoms. The summed E-state index contributed by atoms with van der Waals surface area (Å²) in [6, 6.07) is 4.06. The Balaban J connectivity index is 3.05. The molecule has 0 saturated carbocycles. The predicted molar refractivity (Wildman–Crippen MR) is 66.9 cm³/mol. The molecule has 1 atom stereocenters. The minimum Gasteiger partial charge on any atom is -0.490 e. The molecule has 1 unspecified atom stereocenters. The quantitative estimate of drug-likeness (QED) is 0.785. The Morgan fingerprint density at radius 2 is 1.89 bits per heavy atom. The molecule has 2 N–H and O–H groups in total. The van der Waals surface area contributed by atoms with Crippen molar-refractivity contribution >= 4 is 11.9 Å². The van der Waals surface area contributed by atoms with Crippen molar-refractivity contribution < 1.29 is 29.3 Å². The van der Waals surface area contributed by atoms with E-state index in [1.807, 2.05) is 0 Å². The van der Waals surface area contributed by atoms with Crippen molar-refractivity contribution in [3.8, 4) is 11.5 Å². The fraction of sp³-hybridized carbons (Fsp3) is 0.385. The fourth-order valence-electron chi connectivity index (χ4n) is 1.47. The lowest BCUT2D eigenvalue weighted by atomic mass is 10.2. The minimum atomic E-state index is -1.09. The number of hydrogen-bond acceptors (Lipinski definition) is 4. The highest BCUT2D eigenvalue weighted by atomic mass is 16.5. The van der Waals surface area contributed by atoms with E-state index in [4.69, 9.17) is 19.7 Å². The normalized spacial score (nSPS) is 11.7. The molecule has 0 saturated heterocycles. The van der Waals surface area contributed by atoms with Crippen molar-refractivity contribution in [2.24, 2.45) is 0 Å². The number of hydrogen-bond donors (Lipinski definition) is 2. The first-order chi connectivity index (χ1) is 8.99. The standard InChI is InChI=1S/C13H16O6/c1-3-9(13(16)17)19-10-6-5-8(12(14)15)7-11(10)18-4-2/h5-7,9H,3-4H2,1-2H3,(H,14,15)(H,16,17). The first-order valence-electron chi connectivity index (χ1n) is 5.89. The van der Waals surface area contributed by atoms with E-state index >= 15 is 0 Å². The molecule has 0 heterocycles. The van der Waals surface area contributed by atoms with E-state index in [1.165, 1.54) is 18.2 Å². The smallest absolute Gasteiger partial charge is 0.344 e. The van der Waals surface area contributed by atoms with Gasteiger partial charge in [-0.3, -0.25) is 0 Å². The highest BCUT2D eigenvalue weighted by Gasteiger charge is 2.19. The molecule has 0 radical (unpaired) electrons. The molecule has 1 aromatic rings. The van der Waals surface area contributed by atoms with Crippen molar-refractivity contribution in [2.45, 2.75) is 26.4 Å². The molecule has 0 aliphatic heterocycles. The van der Waals surface area contributed by atoms with Gasteiger partial charge < -0.3 is 19.7 Å². The monoisotopic (exact) mass is 268 g/mol. The molecular weight excluding hydrogens is 252 g/mol. The number of rotatable bonds is 7. The third-order valence-corrected chi connectivity index (χ3v) is 2.41. The Kier molecular flexibility index (Phi) is 5.17. The van der Waals surface area contributed by atoms with Crippen LogP contribution < -0.4 is 9.47 Å². The highest BCUT2D eigenvalue weighted by Crippen LogP contribution is 2.29. The second-order valence-electron chi connectivity index (χ2n) is 3.75. The maximum atomic E-state index is 10.9. The van der Waals surface area contributed by atoms with Crippen molar-refractivity contribution in [1.82, 2.24) is 0 Å². The van der Waals surface area contributed by atoms with E-state index in [0.29, 0.717) is 13.0 Å². The number of carboxylic acid groups (broad SMARTS) is 2. The van der Waals surface area contributed by atoms with Gasteiger partial charge in [0.05, 0.1) is 12.2 Å². The van der Waals surface area contributed by atoms with E-state index in [2.05, 4.69) is 0 Å². The minimum absolute atomic E-state index is 0.0548. The van der Waals surface area contributed by atoms with Gasteiger partial charge in [0.1, 0.15) is 0 Å². The van der Waals surface area contributed by atoms with E-state index < -0.39 is 18.0 Å². The molecule has 0 amide bonds. The summed E-state index contributed by atoms with van der Waals surface area (Å²) in [5.41, 5.74) is 0.0548. The first kappa shape index (κ1) is 14.8. The van der Waals surface area contributed by atoms with Crippen LogP contribution in [-0.2, 0) is 4.79 Å². The van der Waals surface area contributed by atoms with Gasteiger partial charge in [-0.2, -0.15) is 0 Å². The lowest BCUT2D eigenvalue weighted by molar-refractivity contribution is -0.145. The number of aromatic carboxylic acids is 1. The number of aliphatic carboxylic acids is 1. The molecule has 0 aliphatic rings. The average molecular weight is 268 g/mol. The zero-order chi connectivity index (χ0) is 14.4. The maximum absolute atomic E-state index is 10.9. The molecule has 0 spiro atoms. The SMILES string of the molecule is CCOc1cc(C(=O)O)ccc1OC(CC)C(=O)O. The molecule has 6 heteroatoms. The number of carbonyl (C=O) groups is 2. The largest absolute Gasteiger partial charge is 0.490 e. The fourth-order valence-corrected chi connectivity index (χ4v) is 1.47. The summed E-state index contributed by atoms with van der Waals surface area (Å²) in [6.07, 6.45) is -0.698. The summed E-state index contributed by atoms with van der Waals surface area (Å²) in [5, 5.41) is 17.8. The van der Waals surface area contributed by atoms with Gasteiger partial charge in [0.15, 0.2) is 17.6 Å². The molecule has 104 valence electrons. The van der Waals surface area contributed by atoms with Crippen LogP contribution in [0.2, 0.25) is 0 Å². The van der Waals surface area contributed by atoms with Crippen LogP contribution in [0.1, 0.15) is 30.6 Å². The Morgan fingerprint density at radius 3 is 2.37 bits per heavy atom. The van der Waals surface area contributed by atoms with Crippen LogP contribution in [0.15, 0.2) is 18.2 Å². The Labute approximate surface area is 110 Å². The average Bonchev–Trinajstić information content (AvgIpc) is 2.36. The second-order valence-corrected chi connectivity index (χ2v) is 3.75. The lowest BCUT2D eigenvalue weighted by Gasteiger charge is -2.16. The van der Waals surface area contributed by atoms with Crippen molar-refractivity contribution in [3.05, 3.63) is 23.8 Å². The first-order valence-corrected chi connectivity index (χ1v) is 5.89. The Bertz CT molecular complexity index is 468. The molecule has 0 bridgehead atoms. The van der Waals surface area contributed by atoms with Crippen LogP contribution in [0, 0.1) is 0 Å². The third kappa shape index (κ3) is 3.87. The van der Waals surface area contributed by atoms with Gasteiger partial charge in [0.25, 0.3) is 0 Å². The molecular formula is C13H16O6. The number of ether oxygens (including phenoxy) is 2. The van der Waals surface area contributed by atoms with Gasteiger partial charge >= 0.3 is 11.9 Å². The molecule has 1 aromatic carbocycles. The van der Waals surface area contributed by atoms with Gasteiger partial charge in [0, 0.05) is 0 Å². The van der Waals surface area contributed by atoms with Crippen LogP contribution in [0.25, 0.3) is 0 Å². The lowest BCUT2D eigenvalue weighted by Crippen LogP contribution is -2.26.